The number of halogens is 2. The van der Waals surface area contributed by atoms with Gasteiger partial charge in [-0.15, -0.1) is 24.8 Å². The van der Waals surface area contributed by atoms with Crippen LogP contribution in [0.3, 0.4) is 0 Å². The van der Waals surface area contributed by atoms with Crippen molar-refractivity contribution >= 4 is 36.7 Å². The number of methoxy groups -OCH3 is 1. The Morgan fingerprint density at radius 2 is 1.36 bits per heavy atom. The average molecular weight is 434 g/mol. The zero-order valence-corrected chi connectivity index (χ0v) is 18.7. The summed E-state index contributed by atoms with van der Waals surface area (Å²) in [5.41, 5.74) is 1.18. The lowest BCUT2D eigenvalue weighted by Gasteiger charge is -2.12. The lowest BCUT2D eigenvalue weighted by Crippen LogP contribution is -2.46. The van der Waals surface area contributed by atoms with E-state index >= 15 is 0 Å². The first-order chi connectivity index (χ1) is 12.7. The lowest BCUT2D eigenvalue weighted by molar-refractivity contribution is 0.414. The molecular weight excluding hydrogens is 397 g/mol. The summed E-state index contributed by atoms with van der Waals surface area (Å²) in [6.45, 7) is 3.65. The van der Waals surface area contributed by atoms with Gasteiger partial charge in [-0.05, 0) is 30.5 Å². The van der Waals surface area contributed by atoms with E-state index in [0.29, 0.717) is 6.54 Å². The topological polar surface area (TPSA) is 93.0 Å². The zero-order valence-electron chi connectivity index (χ0n) is 17.1. The van der Waals surface area contributed by atoms with Crippen LogP contribution in [-0.2, 0) is 6.42 Å². The van der Waals surface area contributed by atoms with Crippen molar-refractivity contribution in [3.05, 3.63) is 29.8 Å². The van der Waals surface area contributed by atoms with Crippen molar-refractivity contribution in [2.24, 2.45) is 0 Å². The van der Waals surface area contributed by atoms with Crippen LogP contribution in [-0.4, -0.2) is 32.1 Å². The molecule has 0 fully saturated rings. The third-order valence-electron chi connectivity index (χ3n) is 4.21. The summed E-state index contributed by atoms with van der Waals surface area (Å²) in [6, 6.07) is 7.90. The van der Waals surface area contributed by atoms with Gasteiger partial charge < -0.3 is 15.4 Å². The molecule has 162 valence electrons. The quantitative estimate of drug-likeness (QED) is 0.191. The molecule has 0 aliphatic carbocycles. The molecule has 0 radical (unpaired) electrons. The summed E-state index contributed by atoms with van der Waals surface area (Å²) >= 11 is 0. The Balaban J connectivity index is 0. The molecule has 0 heterocycles. The highest BCUT2D eigenvalue weighted by molar-refractivity contribution is 5.95. The summed E-state index contributed by atoms with van der Waals surface area (Å²) in [7, 11) is 1.65. The largest absolute Gasteiger partial charge is 0.497 e. The molecule has 28 heavy (non-hydrogen) atoms. The monoisotopic (exact) mass is 433 g/mol. The lowest BCUT2D eigenvalue weighted by atomic mass is 10.1. The number of ether oxygens (including phenoxy) is 1. The molecule has 0 amide bonds. The van der Waals surface area contributed by atoms with Gasteiger partial charge in [-0.25, -0.2) is 0 Å². The smallest absolute Gasteiger partial charge is 0.195 e. The van der Waals surface area contributed by atoms with Crippen LogP contribution in [0.15, 0.2) is 24.3 Å². The number of benzene rings is 1. The van der Waals surface area contributed by atoms with E-state index in [9.17, 15) is 0 Å². The first kappa shape index (κ1) is 28.5. The molecule has 5 N–H and O–H groups in total. The molecule has 0 aromatic heterocycles. The van der Waals surface area contributed by atoms with Crippen molar-refractivity contribution in [2.75, 3.05) is 20.2 Å². The van der Waals surface area contributed by atoms with Gasteiger partial charge in [0.05, 0.1) is 7.11 Å². The number of hydrogen-bond donors (Lipinski definition) is 5. The second kappa shape index (κ2) is 18.7. The summed E-state index contributed by atoms with van der Waals surface area (Å²) in [4.78, 5) is 0. The Hall–Kier alpha value is -1.66. The van der Waals surface area contributed by atoms with Gasteiger partial charge in [0.15, 0.2) is 11.9 Å². The highest BCUT2D eigenvalue weighted by atomic mass is 35.5. The van der Waals surface area contributed by atoms with E-state index in [4.69, 9.17) is 15.6 Å². The molecule has 1 aromatic rings. The molecule has 0 spiro atoms. The average Bonchev–Trinajstić information content (AvgIpc) is 2.64. The van der Waals surface area contributed by atoms with Gasteiger partial charge >= 0.3 is 0 Å². The Kier molecular flexibility index (Phi) is 19.1. The van der Waals surface area contributed by atoms with E-state index in [0.717, 1.165) is 25.1 Å². The van der Waals surface area contributed by atoms with Crippen molar-refractivity contribution in [1.82, 2.24) is 16.0 Å². The van der Waals surface area contributed by atoms with Crippen molar-refractivity contribution in [2.45, 2.75) is 58.3 Å². The van der Waals surface area contributed by atoms with Crippen molar-refractivity contribution in [3.63, 3.8) is 0 Å². The Bertz CT molecular complexity index is 526. The van der Waals surface area contributed by atoms with Gasteiger partial charge in [0.1, 0.15) is 5.75 Å². The number of unbranched alkanes of at least 4 members (excludes halogenated alkanes) is 6. The summed E-state index contributed by atoms with van der Waals surface area (Å²) in [5.74, 6) is 1.17. The van der Waals surface area contributed by atoms with Gasteiger partial charge in [0, 0.05) is 13.1 Å². The van der Waals surface area contributed by atoms with Crippen LogP contribution in [0.25, 0.3) is 0 Å². The fraction of sp³-hybridized carbons (Fsp3) is 0.600. The summed E-state index contributed by atoms with van der Waals surface area (Å²) in [5, 5.41) is 24.4. The Morgan fingerprint density at radius 1 is 0.821 bits per heavy atom. The number of hydrogen-bond acceptors (Lipinski definition) is 3. The number of guanidine groups is 2. The first-order valence-corrected chi connectivity index (χ1v) is 9.70. The Labute approximate surface area is 182 Å². The molecule has 0 saturated carbocycles. The van der Waals surface area contributed by atoms with Crippen LogP contribution in [0, 0.1) is 10.8 Å². The van der Waals surface area contributed by atoms with E-state index in [1.165, 1.54) is 44.1 Å². The van der Waals surface area contributed by atoms with Crippen LogP contribution in [0.1, 0.15) is 57.4 Å². The number of rotatable bonds is 12. The Morgan fingerprint density at radius 3 is 1.93 bits per heavy atom. The maximum absolute atomic E-state index is 7.84. The SMILES string of the molecule is CCCCCCCCCNC(=N)NC(=N)NCCc1ccc(OC)cc1.Cl.Cl. The molecule has 0 aliphatic rings. The molecule has 0 unspecified atom stereocenters. The van der Waals surface area contributed by atoms with Crippen LogP contribution >= 0.6 is 24.8 Å². The molecule has 8 heteroatoms. The van der Waals surface area contributed by atoms with Gasteiger partial charge in [0.25, 0.3) is 0 Å². The van der Waals surface area contributed by atoms with Crippen molar-refractivity contribution in [3.8, 4) is 5.75 Å². The number of nitrogens with one attached hydrogen (secondary N) is 5. The maximum Gasteiger partial charge on any atom is 0.195 e. The second-order valence-corrected chi connectivity index (χ2v) is 6.45. The normalized spacial score (nSPS) is 9.50. The van der Waals surface area contributed by atoms with E-state index in [-0.39, 0.29) is 36.7 Å². The van der Waals surface area contributed by atoms with Crippen LogP contribution < -0.4 is 20.7 Å². The van der Waals surface area contributed by atoms with Gasteiger partial charge in [-0.2, -0.15) is 0 Å². The third kappa shape index (κ3) is 14.4. The highest BCUT2D eigenvalue weighted by Gasteiger charge is 2.01. The van der Waals surface area contributed by atoms with Crippen molar-refractivity contribution in [1.29, 1.82) is 10.8 Å². The summed E-state index contributed by atoms with van der Waals surface area (Å²) in [6.07, 6.45) is 9.60. The molecule has 0 saturated heterocycles. The highest BCUT2D eigenvalue weighted by Crippen LogP contribution is 2.11. The predicted molar refractivity (Wildman–Crippen MR) is 124 cm³/mol. The van der Waals surface area contributed by atoms with Crippen molar-refractivity contribution < 1.29 is 4.74 Å². The maximum atomic E-state index is 7.84. The molecule has 0 aliphatic heterocycles. The minimum Gasteiger partial charge on any atom is -0.497 e. The van der Waals surface area contributed by atoms with Crippen LogP contribution in [0.2, 0.25) is 0 Å². The molecular formula is C20H37Cl2N5O. The van der Waals surface area contributed by atoms with Gasteiger partial charge in [0.2, 0.25) is 0 Å². The fourth-order valence-corrected chi connectivity index (χ4v) is 2.63. The van der Waals surface area contributed by atoms with E-state index < -0.39 is 0 Å². The van der Waals surface area contributed by atoms with Crippen LogP contribution in [0.4, 0.5) is 0 Å². The van der Waals surface area contributed by atoms with Gasteiger partial charge in [-0.3, -0.25) is 16.1 Å². The summed E-state index contributed by atoms with van der Waals surface area (Å²) < 4.78 is 5.13. The van der Waals surface area contributed by atoms with Gasteiger partial charge in [-0.1, -0.05) is 57.6 Å². The second-order valence-electron chi connectivity index (χ2n) is 6.45. The molecule has 1 rings (SSSR count). The van der Waals surface area contributed by atoms with E-state index in [1.54, 1.807) is 7.11 Å². The molecule has 0 atom stereocenters. The molecule has 1 aromatic carbocycles. The first-order valence-electron chi connectivity index (χ1n) is 9.70. The minimum atomic E-state index is 0. The fourth-order valence-electron chi connectivity index (χ4n) is 2.63. The third-order valence-corrected chi connectivity index (χ3v) is 4.21. The molecule has 0 bridgehead atoms. The minimum absolute atomic E-state index is 0. The standard InChI is InChI=1S/C20H35N5O.2ClH/c1-3-4-5-6-7-8-9-15-23-19(21)25-20(22)24-16-14-17-10-12-18(26-2)13-11-17;;/h10-13H,3-9,14-16H2,1-2H3,(H5,21,22,23,24,25);2*1H. The van der Waals surface area contributed by atoms with E-state index in [1.807, 2.05) is 24.3 Å². The zero-order chi connectivity index (χ0) is 19.0. The molecule has 6 nitrogen and oxygen atoms in total. The van der Waals surface area contributed by atoms with Crippen LogP contribution in [0.5, 0.6) is 5.75 Å². The predicted octanol–water partition coefficient (Wildman–Crippen LogP) is 4.47. The van der Waals surface area contributed by atoms with E-state index in [2.05, 4.69) is 22.9 Å².